The van der Waals surface area contributed by atoms with Crippen LogP contribution < -0.4 is 5.32 Å². The van der Waals surface area contributed by atoms with E-state index in [0.29, 0.717) is 6.42 Å². The SMILES string of the molecule is C#CCN(CC(=O)Nc1ccccc1S(=O)(=O)C(F)F)C1CCS(=O)(=O)C1. The van der Waals surface area contributed by atoms with Crippen LogP contribution in [-0.2, 0) is 24.5 Å². The first-order valence-corrected chi connectivity index (χ1v) is 11.2. The molecule has 1 unspecified atom stereocenters. The second kappa shape index (κ2) is 8.33. The van der Waals surface area contributed by atoms with E-state index >= 15 is 0 Å². The van der Waals surface area contributed by atoms with Crippen molar-refractivity contribution >= 4 is 31.3 Å². The molecule has 1 aromatic carbocycles. The number of nitrogens with one attached hydrogen (secondary N) is 1. The van der Waals surface area contributed by atoms with E-state index in [1.165, 1.54) is 23.1 Å². The standard InChI is InChI=1S/C16H18F2N2O5S2/c1-2-8-20(12-7-9-26(22,23)11-12)10-15(21)19-13-5-3-4-6-14(13)27(24,25)16(17)18/h1,3-6,12,16H,7-11H2,(H,19,21). The smallest absolute Gasteiger partial charge is 0.324 e. The van der Waals surface area contributed by atoms with Crippen molar-refractivity contribution in [1.82, 2.24) is 4.90 Å². The van der Waals surface area contributed by atoms with Crippen LogP contribution in [0.3, 0.4) is 0 Å². The van der Waals surface area contributed by atoms with Crippen molar-refractivity contribution in [3.05, 3.63) is 24.3 Å². The van der Waals surface area contributed by atoms with Crippen molar-refractivity contribution in [2.24, 2.45) is 0 Å². The highest BCUT2D eigenvalue weighted by Gasteiger charge is 2.33. The van der Waals surface area contributed by atoms with E-state index in [-0.39, 0.29) is 30.3 Å². The lowest BCUT2D eigenvalue weighted by Gasteiger charge is -2.25. The molecule has 1 atom stereocenters. The van der Waals surface area contributed by atoms with E-state index in [9.17, 15) is 30.4 Å². The summed E-state index contributed by atoms with van der Waals surface area (Å²) < 4.78 is 72.4. The first kappa shape index (κ1) is 21.3. The summed E-state index contributed by atoms with van der Waals surface area (Å²) in [6.45, 7) is -0.280. The third kappa shape index (κ3) is 5.24. The largest absolute Gasteiger partial charge is 0.341 e. The van der Waals surface area contributed by atoms with Crippen molar-refractivity contribution in [2.45, 2.75) is 23.1 Å². The Labute approximate surface area is 156 Å². The molecule has 0 saturated carbocycles. The summed E-state index contributed by atoms with van der Waals surface area (Å²) in [5.41, 5.74) is -0.275. The summed E-state index contributed by atoms with van der Waals surface area (Å²) >= 11 is 0. The number of hydrogen-bond acceptors (Lipinski definition) is 6. The fraction of sp³-hybridized carbons (Fsp3) is 0.438. The number of para-hydroxylation sites is 1. The molecular formula is C16H18F2N2O5S2. The number of benzene rings is 1. The molecule has 11 heteroatoms. The van der Waals surface area contributed by atoms with E-state index in [1.54, 1.807) is 0 Å². The number of alkyl halides is 2. The van der Waals surface area contributed by atoms with Gasteiger partial charge in [0, 0.05) is 6.04 Å². The molecule has 1 aliphatic rings. The molecule has 1 saturated heterocycles. The molecule has 27 heavy (non-hydrogen) atoms. The van der Waals surface area contributed by atoms with Gasteiger partial charge in [0.1, 0.15) is 0 Å². The Bertz CT molecular complexity index is 955. The van der Waals surface area contributed by atoms with E-state index in [2.05, 4.69) is 11.2 Å². The first-order chi connectivity index (χ1) is 12.6. The van der Waals surface area contributed by atoms with Gasteiger partial charge in [0.25, 0.3) is 0 Å². The molecule has 1 amide bonds. The van der Waals surface area contributed by atoms with Crippen LogP contribution in [0.25, 0.3) is 0 Å². The number of carbonyl (C=O) groups excluding carboxylic acids is 1. The average Bonchev–Trinajstić information content (AvgIpc) is 2.94. The van der Waals surface area contributed by atoms with Crippen LogP contribution in [0.4, 0.5) is 14.5 Å². The number of amides is 1. The van der Waals surface area contributed by atoms with Gasteiger partial charge in [-0.3, -0.25) is 9.69 Å². The number of nitrogens with zero attached hydrogens (tertiary/aromatic N) is 1. The van der Waals surface area contributed by atoms with E-state index in [1.807, 2.05) is 0 Å². The van der Waals surface area contributed by atoms with Crippen LogP contribution in [0.1, 0.15) is 6.42 Å². The number of halogens is 2. The highest BCUT2D eigenvalue weighted by molar-refractivity contribution is 7.92. The van der Waals surface area contributed by atoms with Crippen molar-refractivity contribution in [3.8, 4) is 12.3 Å². The van der Waals surface area contributed by atoms with E-state index in [4.69, 9.17) is 6.42 Å². The fourth-order valence-corrected chi connectivity index (χ4v) is 5.43. The zero-order valence-electron chi connectivity index (χ0n) is 14.1. The van der Waals surface area contributed by atoms with E-state index in [0.717, 1.165) is 6.07 Å². The molecule has 148 valence electrons. The Morgan fingerprint density at radius 1 is 1.37 bits per heavy atom. The van der Waals surface area contributed by atoms with Crippen LogP contribution in [0.5, 0.6) is 0 Å². The minimum absolute atomic E-state index is 0.00414. The van der Waals surface area contributed by atoms with Gasteiger partial charge in [0.2, 0.25) is 15.7 Å². The first-order valence-electron chi connectivity index (χ1n) is 7.85. The van der Waals surface area contributed by atoms with E-state index < -0.39 is 42.3 Å². The molecule has 0 aromatic heterocycles. The molecule has 1 fully saturated rings. The highest BCUT2D eigenvalue weighted by Crippen LogP contribution is 2.26. The molecule has 0 bridgehead atoms. The fourth-order valence-electron chi connectivity index (χ4n) is 2.78. The summed E-state index contributed by atoms with van der Waals surface area (Å²) in [6.07, 6.45) is 5.60. The molecule has 0 spiro atoms. The van der Waals surface area contributed by atoms with Crippen molar-refractivity contribution < 1.29 is 30.4 Å². The van der Waals surface area contributed by atoms with Gasteiger partial charge in [0.15, 0.2) is 9.84 Å². The molecule has 1 N–H and O–H groups in total. The minimum atomic E-state index is -4.90. The summed E-state index contributed by atoms with van der Waals surface area (Å²) in [7, 11) is -8.09. The average molecular weight is 420 g/mol. The predicted octanol–water partition coefficient (Wildman–Crippen LogP) is 0.744. The maximum atomic E-state index is 12.8. The van der Waals surface area contributed by atoms with Crippen molar-refractivity contribution in [1.29, 1.82) is 0 Å². The molecule has 0 radical (unpaired) electrons. The molecule has 0 aliphatic carbocycles. The van der Waals surface area contributed by atoms with Crippen LogP contribution in [0.15, 0.2) is 29.2 Å². The topological polar surface area (TPSA) is 101 Å². The second-order valence-corrected chi connectivity index (χ2v) is 10.1. The van der Waals surface area contributed by atoms with Gasteiger partial charge in [-0.1, -0.05) is 18.1 Å². The van der Waals surface area contributed by atoms with Crippen LogP contribution in [0.2, 0.25) is 0 Å². The lowest BCUT2D eigenvalue weighted by Crippen LogP contribution is -2.42. The highest BCUT2D eigenvalue weighted by atomic mass is 32.2. The Kier molecular flexibility index (Phi) is 6.56. The maximum absolute atomic E-state index is 12.8. The van der Waals surface area contributed by atoms with Gasteiger partial charge >= 0.3 is 5.76 Å². The third-order valence-electron chi connectivity index (χ3n) is 4.07. The Morgan fingerprint density at radius 2 is 2.04 bits per heavy atom. The summed E-state index contributed by atoms with van der Waals surface area (Å²) in [5.74, 6) is -2.10. The zero-order valence-corrected chi connectivity index (χ0v) is 15.8. The number of hydrogen-bond donors (Lipinski definition) is 1. The maximum Gasteiger partial charge on any atom is 0.341 e. The summed E-state index contributed by atoms with van der Waals surface area (Å²) in [6, 6.07) is 4.39. The summed E-state index contributed by atoms with van der Waals surface area (Å²) in [4.78, 5) is 13.1. The molecule has 1 heterocycles. The van der Waals surface area contributed by atoms with Gasteiger partial charge in [-0.05, 0) is 18.6 Å². The quantitative estimate of drug-likeness (QED) is 0.653. The van der Waals surface area contributed by atoms with Gasteiger partial charge in [-0.15, -0.1) is 6.42 Å². The molecule has 7 nitrogen and oxygen atoms in total. The van der Waals surface area contributed by atoms with Crippen molar-refractivity contribution in [3.63, 3.8) is 0 Å². The van der Waals surface area contributed by atoms with Gasteiger partial charge in [0.05, 0.1) is 35.2 Å². The number of anilines is 1. The second-order valence-electron chi connectivity index (χ2n) is 6.02. The van der Waals surface area contributed by atoms with Crippen LogP contribution in [0, 0.1) is 12.3 Å². The normalized spacial score (nSPS) is 19.1. The predicted molar refractivity (Wildman–Crippen MR) is 95.7 cm³/mol. The van der Waals surface area contributed by atoms with Crippen LogP contribution >= 0.6 is 0 Å². The number of sulfone groups is 2. The van der Waals surface area contributed by atoms with Gasteiger partial charge in [-0.25, -0.2) is 16.8 Å². The monoisotopic (exact) mass is 420 g/mol. The molecule has 1 aliphatic heterocycles. The van der Waals surface area contributed by atoms with Crippen LogP contribution in [-0.4, -0.2) is 64.0 Å². The Morgan fingerprint density at radius 3 is 2.59 bits per heavy atom. The van der Waals surface area contributed by atoms with Gasteiger partial charge in [-0.2, -0.15) is 8.78 Å². The zero-order chi connectivity index (χ0) is 20.2. The third-order valence-corrected chi connectivity index (χ3v) is 7.26. The summed E-state index contributed by atoms with van der Waals surface area (Å²) in [5, 5.41) is 2.29. The Balaban J connectivity index is 2.17. The lowest BCUT2D eigenvalue weighted by molar-refractivity contribution is -0.117. The van der Waals surface area contributed by atoms with Gasteiger partial charge < -0.3 is 5.32 Å². The minimum Gasteiger partial charge on any atom is -0.324 e. The number of terminal acetylenes is 1. The van der Waals surface area contributed by atoms with Crippen molar-refractivity contribution in [2.75, 3.05) is 29.9 Å². The molecular weight excluding hydrogens is 402 g/mol. The molecule has 2 rings (SSSR count). The lowest BCUT2D eigenvalue weighted by atomic mass is 10.2. The number of rotatable bonds is 7. The Hall–Kier alpha value is -2.03. The number of carbonyl (C=O) groups is 1. The molecule has 1 aromatic rings.